The number of nitrogens with zero attached hydrogens (tertiary/aromatic N) is 2. The number of methoxy groups -OCH3 is 1. The first kappa shape index (κ1) is 21.7. The average molecular weight is 519 g/mol. The quantitative estimate of drug-likeness (QED) is 0.483. The fourth-order valence-electron chi connectivity index (χ4n) is 3.43. The van der Waals surface area contributed by atoms with Gasteiger partial charge in [-0.25, -0.2) is 9.79 Å². The maximum absolute atomic E-state index is 13.4. The minimum atomic E-state index is -0.626. The molecular formula is C22H19BrN2O4S2. The number of fused-ring (bicyclic) bond motifs is 1. The Kier molecular flexibility index (Phi) is 6.27. The van der Waals surface area contributed by atoms with Crippen LogP contribution in [0.1, 0.15) is 30.3 Å². The zero-order valence-electron chi connectivity index (χ0n) is 17.0. The lowest BCUT2D eigenvalue weighted by Crippen LogP contribution is -2.39. The molecule has 3 aromatic rings. The fourth-order valence-corrected chi connectivity index (χ4v) is 5.91. The van der Waals surface area contributed by atoms with E-state index < -0.39 is 12.0 Å². The molecular weight excluding hydrogens is 500 g/mol. The number of thiazole rings is 1. The highest BCUT2D eigenvalue weighted by Crippen LogP contribution is 2.31. The lowest BCUT2D eigenvalue weighted by Gasteiger charge is -2.24. The molecule has 0 radical (unpaired) electrons. The summed E-state index contributed by atoms with van der Waals surface area (Å²) in [4.78, 5) is 32.4. The second-order valence-corrected chi connectivity index (χ2v) is 10.2. The predicted molar refractivity (Wildman–Crippen MR) is 125 cm³/mol. The van der Waals surface area contributed by atoms with E-state index in [0.29, 0.717) is 26.4 Å². The van der Waals surface area contributed by atoms with Gasteiger partial charge in [-0.2, -0.15) is 0 Å². The van der Waals surface area contributed by atoms with Crippen molar-refractivity contribution in [3.05, 3.63) is 81.6 Å². The van der Waals surface area contributed by atoms with Gasteiger partial charge in [0.2, 0.25) is 0 Å². The van der Waals surface area contributed by atoms with Gasteiger partial charge in [-0.3, -0.25) is 9.36 Å². The summed E-state index contributed by atoms with van der Waals surface area (Å²) < 4.78 is 13.7. The van der Waals surface area contributed by atoms with Crippen molar-refractivity contribution < 1.29 is 14.3 Å². The Hall–Kier alpha value is -2.49. The molecule has 0 spiro atoms. The summed E-state index contributed by atoms with van der Waals surface area (Å²) >= 11 is 6.30. The van der Waals surface area contributed by atoms with Gasteiger partial charge >= 0.3 is 5.97 Å². The minimum Gasteiger partial charge on any atom is -0.497 e. The van der Waals surface area contributed by atoms with Crippen molar-refractivity contribution in [1.82, 2.24) is 4.57 Å². The van der Waals surface area contributed by atoms with Crippen molar-refractivity contribution in [3.63, 3.8) is 0 Å². The van der Waals surface area contributed by atoms with Crippen LogP contribution >= 0.6 is 38.6 Å². The zero-order valence-corrected chi connectivity index (χ0v) is 20.3. The van der Waals surface area contributed by atoms with Crippen LogP contribution < -0.4 is 19.6 Å². The molecule has 0 N–H and O–H groups in total. The average Bonchev–Trinajstić information content (AvgIpc) is 3.30. The molecule has 0 saturated carbocycles. The molecule has 0 amide bonds. The van der Waals surface area contributed by atoms with Crippen LogP contribution in [0.4, 0.5) is 0 Å². The number of rotatable bonds is 5. The molecule has 1 unspecified atom stereocenters. The van der Waals surface area contributed by atoms with Gasteiger partial charge < -0.3 is 9.47 Å². The zero-order chi connectivity index (χ0) is 22.1. The summed E-state index contributed by atoms with van der Waals surface area (Å²) in [6, 6.07) is 10.6. The first-order chi connectivity index (χ1) is 14.9. The van der Waals surface area contributed by atoms with E-state index in [1.54, 1.807) is 36.9 Å². The molecule has 6 nitrogen and oxygen atoms in total. The number of esters is 1. The Balaban J connectivity index is 1.94. The van der Waals surface area contributed by atoms with Crippen molar-refractivity contribution in [3.8, 4) is 5.75 Å². The Morgan fingerprint density at radius 1 is 1.23 bits per heavy atom. The Morgan fingerprint density at radius 2 is 1.97 bits per heavy atom. The van der Waals surface area contributed by atoms with Crippen molar-refractivity contribution in [2.75, 3.05) is 13.7 Å². The lowest BCUT2D eigenvalue weighted by atomic mass is 9.96. The number of allylic oxidation sites excluding steroid dienone is 1. The van der Waals surface area contributed by atoms with Crippen LogP contribution in [-0.4, -0.2) is 24.3 Å². The molecule has 1 aliphatic rings. The Labute approximate surface area is 194 Å². The number of hydrogen-bond donors (Lipinski definition) is 0. The van der Waals surface area contributed by atoms with Crippen molar-refractivity contribution >= 4 is 50.6 Å². The first-order valence-electron chi connectivity index (χ1n) is 9.52. The third kappa shape index (κ3) is 4.17. The highest BCUT2D eigenvalue weighted by molar-refractivity contribution is 9.11. The maximum Gasteiger partial charge on any atom is 0.338 e. The first-order valence-corrected chi connectivity index (χ1v) is 11.9. The number of carbonyl (C=O) groups is 1. The normalized spacial score (nSPS) is 16.1. The summed E-state index contributed by atoms with van der Waals surface area (Å²) in [6.07, 6.45) is 1.85. The third-order valence-electron chi connectivity index (χ3n) is 4.82. The largest absolute Gasteiger partial charge is 0.497 e. The van der Waals surface area contributed by atoms with Gasteiger partial charge in [0.25, 0.3) is 5.56 Å². The van der Waals surface area contributed by atoms with E-state index in [9.17, 15) is 9.59 Å². The van der Waals surface area contributed by atoms with Crippen molar-refractivity contribution in [2.45, 2.75) is 19.9 Å². The van der Waals surface area contributed by atoms with E-state index in [4.69, 9.17) is 9.47 Å². The van der Waals surface area contributed by atoms with Crippen LogP contribution in [0.5, 0.6) is 5.75 Å². The van der Waals surface area contributed by atoms with Gasteiger partial charge in [0.15, 0.2) is 4.80 Å². The highest BCUT2D eigenvalue weighted by Gasteiger charge is 2.33. The summed E-state index contributed by atoms with van der Waals surface area (Å²) in [5, 5.41) is 0. The van der Waals surface area contributed by atoms with Gasteiger partial charge in [0.05, 0.1) is 39.3 Å². The minimum absolute atomic E-state index is 0.191. The smallest absolute Gasteiger partial charge is 0.338 e. The molecule has 0 fully saturated rings. The lowest BCUT2D eigenvalue weighted by molar-refractivity contribution is -0.139. The maximum atomic E-state index is 13.4. The third-order valence-corrected chi connectivity index (χ3v) is 7.37. The van der Waals surface area contributed by atoms with E-state index in [1.807, 2.05) is 42.5 Å². The van der Waals surface area contributed by atoms with Gasteiger partial charge in [-0.05, 0) is 65.7 Å². The Morgan fingerprint density at radius 3 is 2.58 bits per heavy atom. The van der Waals surface area contributed by atoms with Crippen molar-refractivity contribution in [2.24, 2.45) is 4.99 Å². The molecule has 160 valence electrons. The summed E-state index contributed by atoms with van der Waals surface area (Å²) in [6.45, 7) is 3.77. The summed E-state index contributed by atoms with van der Waals surface area (Å²) in [5.74, 6) is 0.221. The number of hydrogen-bond acceptors (Lipinski definition) is 7. The topological polar surface area (TPSA) is 69.9 Å². The second kappa shape index (κ2) is 8.94. The molecule has 9 heteroatoms. The number of halogens is 1. The van der Waals surface area contributed by atoms with Gasteiger partial charge in [-0.1, -0.05) is 23.5 Å². The van der Waals surface area contributed by atoms with Gasteiger partial charge in [0, 0.05) is 4.88 Å². The number of carbonyl (C=O) groups excluding carboxylic acids is 1. The van der Waals surface area contributed by atoms with Crippen LogP contribution in [0.3, 0.4) is 0 Å². The molecule has 1 aliphatic heterocycles. The van der Waals surface area contributed by atoms with Crippen LogP contribution in [0.25, 0.3) is 6.08 Å². The highest BCUT2D eigenvalue weighted by atomic mass is 79.9. The number of ether oxygens (including phenoxy) is 2. The van der Waals surface area contributed by atoms with Crippen LogP contribution in [0, 0.1) is 0 Å². The molecule has 1 atom stereocenters. The van der Waals surface area contributed by atoms with Crippen LogP contribution in [0.15, 0.2) is 61.2 Å². The molecule has 31 heavy (non-hydrogen) atoms. The van der Waals surface area contributed by atoms with E-state index in [0.717, 1.165) is 14.2 Å². The molecule has 0 saturated heterocycles. The molecule has 2 aromatic heterocycles. The SMILES string of the molecule is CCOC(=O)C1=C(C)N=c2s/c(=C\c3ccc(Br)s3)c(=O)n2C1c1ccc(OC)cc1. The van der Waals surface area contributed by atoms with Crippen LogP contribution in [0.2, 0.25) is 0 Å². The molecule has 4 rings (SSSR count). The van der Waals surface area contributed by atoms with Crippen molar-refractivity contribution in [1.29, 1.82) is 0 Å². The summed E-state index contributed by atoms with van der Waals surface area (Å²) in [5.41, 5.74) is 1.50. The molecule has 0 aliphatic carbocycles. The Bertz CT molecular complexity index is 1350. The van der Waals surface area contributed by atoms with E-state index in [2.05, 4.69) is 20.9 Å². The van der Waals surface area contributed by atoms with E-state index in [1.165, 1.54) is 11.3 Å². The fraction of sp³-hybridized carbons (Fsp3) is 0.227. The van der Waals surface area contributed by atoms with Crippen LogP contribution in [-0.2, 0) is 9.53 Å². The van der Waals surface area contributed by atoms with Gasteiger partial charge in [-0.15, -0.1) is 11.3 Å². The number of aromatic nitrogens is 1. The molecule has 3 heterocycles. The van der Waals surface area contributed by atoms with Gasteiger partial charge in [0.1, 0.15) is 5.75 Å². The van der Waals surface area contributed by atoms with E-state index in [-0.39, 0.29) is 12.2 Å². The monoisotopic (exact) mass is 518 g/mol. The predicted octanol–water partition coefficient (Wildman–Crippen LogP) is 3.63. The standard InChI is InChI=1S/C22H19BrN2O4S2/c1-4-29-21(27)18-12(2)24-22-25(19(18)13-5-7-14(28-3)8-6-13)20(26)16(31-22)11-15-9-10-17(23)30-15/h5-11,19H,4H2,1-3H3/b16-11-. The summed E-state index contributed by atoms with van der Waals surface area (Å²) in [7, 11) is 1.59. The second-order valence-electron chi connectivity index (χ2n) is 6.72. The number of thiophene rings is 1. The molecule has 1 aromatic carbocycles. The van der Waals surface area contributed by atoms with E-state index >= 15 is 0 Å². The molecule has 0 bridgehead atoms. The number of benzene rings is 1.